The predicted octanol–water partition coefficient (Wildman–Crippen LogP) is 5.51. The third-order valence-electron chi connectivity index (χ3n) is 5.99. The summed E-state index contributed by atoms with van der Waals surface area (Å²) in [7, 11) is 0. The smallest absolute Gasteiger partial charge is 0.329 e. The molecular formula is C27H29NO4. The number of nitrogens with zero attached hydrogens (tertiary/aromatic N) is 1. The molecule has 3 aromatic rings. The van der Waals surface area contributed by atoms with E-state index in [0.717, 1.165) is 29.2 Å². The van der Waals surface area contributed by atoms with Gasteiger partial charge < -0.3 is 9.57 Å². The highest BCUT2D eigenvalue weighted by molar-refractivity contribution is 5.73. The van der Waals surface area contributed by atoms with Crippen LogP contribution in [-0.2, 0) is 4.79 Å². The zero-order chi connectivity index (χ0) is 22.3. The molecule has 1 aliphatic rings. The summed E-state index contributed by atoms with van der Waals surface area (Å²) >= 11 is 0. The van der Waals surface area contributed by atoms with Gasteiger partial charge in [0.2, 0.25) is 0 Å². The van der Waals surface area contributed by atoms with Crippen LogP contribution in [0, 0.1) is 5.92 Å². The van der Waals surface area contributed by atoms with Crippen molar-refractivity contribution in [2.24, 2.45) is 5.92 Å². The zero-order valence-corrected chi connectivity index (χ0v) is 18.5. The molecule has 1 aliphatic carbocycles. The lowest BCUT2D eigenvalue weighted by atomic mass is 9.87. The normalized spacial score (nSPS) is 14.2. The molecule has 166 valence electrons. The van der Waals surface area contributed by atoms with Gasteiger partial charge in [-0.05, 0) is 35.6 Å². The molecule has 32 heavy (non-hydrogen) atoms. The lowest BCUT2D eigenvalue weighted by Crippen LogP contribution is -2.21. The summed E-state index contributed by atoms with van der Waals surface area (Å²) in [5.74, 6) is 1.03. The van der Waals surface area contributed by atoms with E-state index in [1.54, 1.807) is 12.4 Å². The van der Waals surface area contributed by atoms with Crippen LogP contribution < -0.4 is 15.0 Å². The maximum Gasteiger partial charge on any atom is 0.329 e. The van der Waals surface area contributed by atoms with Gasteiger partial charge in [-0.1, -0.05) is 74.6 Å². The standard InChI is InChI=1S/C27H29NO4/c1-20(29)32-28-18-25(22-11-6-3-7-12-22)27(30)26(19-28)23-13-8-14-24(17-23)31-16-15-21-9-4-2-5-10-21/h3,6-8,11-14,17-19,21H,2,4-5,9-10,15-16H2,1H3. The van der Waals surface area contributed by atoms with Crippen molar-refractivity contribution in [2.45, 2.75) is 45.4 Å². The van der Waals surface area contributed by atoms with Gasteiger partial charge >= 0.3 is 5.97 Å². The average Bonchev–Trinajstić information content (AvgIpc) is 2.81. The summed E-state index contributed by atoms with van der Waals surface area (Å²) in [6.07, 6.45) is 10.8. The van der Waals surface area contributed by atoms with E-state index in [1.807, 2.05) is 54.6 Å². The number of pyridine rings is 1. The minimum absolute atomic E-state index is 0.126. The van der Waals surface area contributed by atoms with Crippen molar-refractivity contribution in [1.29, 1.82) is 0 Å². The van der Waals surface area contributed by atoms with Gasteiger partial charge in [0, 0.05) is 18.1 Å². The van der Waals surface area contributed by atoms with E-state index in [4.69, 9.17) is 9.57 Å². The zero-order valence-electron chi connectivity index (χ0n) is 18.5. The fourth-order valence-electron chi connectivity index (χ4n) is 4.36. The van der Waals surface area contributed by atoms with Gasteiger partial charge in [-0.25, -0.2) is 4.79 Å². The Morgan fingerprint density at radius 1 is 0.938 bits per heavy atom. The van der Waals surface area contributed by atoms with E-state index in [-0.39, 0.29) is 5.43 Å². The Labute approximate surface area is 188 Å². The van der Waals surface area contributed by atoms with Crippen LogP contribution in [0.5, 0.6) is 5.75 Å². The molecular weight excluding hydrogens is 402 g/mol. The molecule has 1 saturated carbocycles. The van der Waals surface area contributed by atoms with Crippen molar-refractivity contribution in [3.05, 3.63) is 77.2 Å². The van der Waals surface area contributed by atoms with Crippen LogP contribution in [0.15, 0.2) is 71.8 Å². The first-order chi connectivity index (χ1) is 15.6. The van der Waals surface area contributed by atoms with Gasteiger partial charge in [0.05, 0.1) is 19.0 Å². The van der Waals surface area contributed by atoms with E-state index < -0.39 is 5.97 Å². The topological polar surface area (TPSA) is 57.5 Å². The molecule has 0 spiro atoms. The molecule has 0 amide bonds. The van der Waals surface area contributed by atoms with Crippen molar-refractivity contribution >= 4 is 5.97 Å². The molecule has 5 heteroatoms. The van der Waals surface area contributed by atoms with E-state index in [0.29, 0.717) is 17.7 Å². The second kappa shape index (κ2) is 10.3. The number of carbonyl (C=O) groups is 1. The monoisotopic (exact) mass is 431 g/mol. The maximum atomic E-state index is 13.3. The first-order valence-corrected chi connectivity index (χ1v) is 11.3. The van der Waals surface area contributed by atoms with Crippen LogP contribution in [-0.4, -0.2) is 17.3 Å². The fraction of sp³-hybridized carbons (Fsp3) is 0.333. The number of carbonyl (C=O) groups excluding carboxylic acids is 1. The van der Waals surface area contributed by atoms with Crippen LogP contribution in [0.25, 0.3) is 22.3 Å². The number of hydrogen-bond acceptors (Lipinski definition) is 4. The molecule has 0 radical (unpaired) electrons. The van der Waals surface area contributed by atoms with Gasteiger partial charge in [-0.15, -0.1) is 0 Å². The summed E-state index contributed by atoms with van der Waals surface area (Å²) in [6.45, 7) is 2.01. The number of rotatable bonds is 7. The minimum Gasteiger partial charge on any atom is -0.494 e. The fourth-order valence-corrected chi connectivity index (χ4v) is 4.36. The van der Waals surface area contributed by atoms with Crippen molar-refractivity contribution in [2.75, 3.05) is 6.61 Å². The Kier molecular flexibility index (Phi) is 7.05. The predicted molar refractivity (Wildman–Crippen MR) is 126 cm³/mol. The molecule has 1 heterocycles. The SMILES string of the molecule is CC(=O)On1cc(-c2ccccc2)c(=O)c(-c2cccc(OCCC3CCCCC3)c2)c1. The van der Waals surface area contributed by atoms with E-state index in [2.05, 4.69) is 0 Å². The Bertz CT molecular complexity index is 1110. The minimum atomic E-state index is -0.460. The average molecular weight is 432 g/mol. The van der Waals surface area contributed by atoms with E-state index in [9.17, 15) is 9.59 Å². The molecule has 5 nitrogen and oxygen atoms in total. The number of ether oxygens (including phenoxy) is 1. The van der Waals surface area contributed by atoms with Crippen molar-refractivity contribution < 1.29 is 14.4 Å². The van der Waals surface area contributed by atoms with Crippen molar-refractivity contribution in [1.82, 2.24) is 4.73 Å². The van der Waals surface area contributed by atoms with Gasteiger partial charge in [-0.2, -0.15) is 4.73 Å². The molecule has 0 saturated heterocycles. The number of aromatic nitrogens is 1. The number of hydrogen-bond donors (Lipinski definition) is 0. The van der Waals surface area contributed by atoms with Crippen LogP contribution in [0.2, 0.25) is 0 Å². The highest BCUT2D eigenvalue weighted by Gasteiger charge is 2.15. The molecule has 0 N–H and O–H groups in total. The molecule has 1 aromatic heterocycles. The van der Waals surface area contributed by atoms with Crippen LogP contribution >= 0.6 is 0 Å². The summed E-state index contributed by atoms with van der Waals surface area (Å²) < 4.78 is 7.33. The summed E-state index contributed by atoms with van der Waals surface area (Å²) in [6, 6.07) is 16.9. The van der Waals surface area contributed by atoms with Crippen LogP contribution in [0.4, 0.5) is 0 Å². The molecule has 0 unspecified atom stereocenters. The van der Waals surface area contributed by atoms with E-state index >= 15 is 0 Å². The molecule has 0 bridgehead atoms. The highest BCUT2D eigenvalue weighted by Crippen LogP contribution is 2.28. The Balaban J connectivity index is 1.61. The number of benzene rings is 2. The van der Waals surface area contributed by atoms with Gasteiger partial charge in [0.25, 0.3) is 0 Å². The first kappa shape index (κ1) is 21.9. The quantitative estimate of drug-likeness (QED) is 0.495. The largest absolute Gasteiger partial charge is 0.494 e. The Morgan fingerprint density at radius 2 is 1.62 bits per heavy atom. The third kappa shape index (κ3) is 5.47. The second-order valence-corrected chi connectivity index (χ2v) is 8.39. The second-order valence-electron chi connectivity index (χ2n) is 8.39. The molecule has 2 aromatic carbocycles. The maximum absolute atomic E-state index is 13.3. The summed E-state index contributed by atoms with van der Waals surface area (Å²) in [5, 5.41) is 0. The highest BCUT2D eigenvalue weighted by atomic mass is 16.7. The first-order valence-electron chi connectivity index (χ1n) is 11.3. The van der Waals surface area contributed by atoms with Crippen LogP contribution in [0.3, 0.4) is 0 Å². The molecule has 1 fully saturated rings. The van der Waals surface area contributed by atoms with Gasteiger partial charge in [-0.3, -0.25) is 4.79 Å². The van der Waals surface area contributed by atoms with Crippen LogP contribution in [0.1, 0.15) is 45.4 Å². The lowest BCUT2D eigenvalue weighted by molar-refractivity contribution is -0.141. The molecule has 4 rings (SSSR count). The molecule has 0 atom stereocenters. The molecule has 0 aliphatic heterocycles. The van der Waals surface area contributed by atoms with Crippen molar-refractivity contribution in [3.8, 4) is 28.0 Å². The third-order valence-corrected chi connectivity index (χ3v) is 5.99. The van der Waals surface area contributed by atoms with E-state index in [1.165, 1.54) is 43.8 Å². The summed E-state index contributed by atoms with van der Waals surface area (Å²) in [4.78, 5) is 30.2. The Hall–Kier alpha value is -3.34. The van der Waals surface area contributed by atoms with Gasteiger partial charge in [0.1, 0.15) is 5.75 Å². The van der Waals surface area contributed by atoms with Gasteiger partial charge in [0.15, 0.2) is 5.43 Å². The summed E-state index contributed by atoms with van der Waals surface area (Å²) in [5.41, 5.74) is 2.28. The lowest BCUT2D eigenvalue weighted by Gasteiger charge is -2.21. The van der Waals surface area contributed by atoms with Crippen molar-refractivity contribution in [3.63, 3.8) is 0 Å². The Morgan fingerprint density at radius 3 is 2.34 bits per heavy atom.